The van der Waals surface area contributed by atoms with Gasteiger partial charge < -0.3 is 10.8 Å². The summed E-state index contributed by atoms with van der Waals surface area (Å²) in [5, 5.41) is 8.63. The number of pyridine rings is 1. The second-order valence-corrected chi connectivity index (χ2v) is 3.51. The van der Waals surface area contributed by atoms with Crippen molar-refractivity contribution < 1.29 is 18.7 Å². The van der Waals surface area contributed by atoms with E-state index in [2.05, 4.69) is 4.98 Å². The van der Waals surface area contributed by atoms with E-state index < -0.39 is 23.7 Å². The normalized spacial score (nSPS) is 10.6. The molecule has 0 spiro atoms. The average molecular weight is 314 g/mol. The van der Waals surface area contributed by atoms with Gasteiger partial charge in [-0.15, -0.1) is 0 Å². The predicted octanol–water partition coefficient (Wildman–Crippen LogP) is 1.90. The van der Waals surface area contributed by atoms with Crippen LogP contribution in [0.2, 0.25) is 0 Å². The Hall–Kier alpha value is -0.990. The number of alkyl halides is 2. The largest absolute Gasteiger partial charge is 0.478 e. The third-order valence-electron chi connectivity index (χ3n) is 1.47. The van der Waals surface area contributed by atoms with E-state index in [1.165, 1.54) is 6.07 Å². The molecule has 0 bridgehead atoms. The lowest BCUT2D eigenvalue weighted by molar-refractivity contribution is 0.0683. The van der Waals surface area contributed by atoms with E-state index in [0.29, 0.717) is 0 Å². The highest BCUT2D eigenvalue weighted by Crippen LogP contribution is 2.26. The van der Waals surface area contributed by atoms with Gasteiger partial charge in [-0.1, -0.05) is 0 Å². The Bertz CT molecular complexity index is 384. The molecule has 14 heavy (non-hydrogen) atoms. The predicted molar refractivity (Wildman–Crippen MR) is 53.3 cm³/mol. The number of nitrogens with two attached hydrogens (primary N) is 1. The van der Waals surface area contributed by atoms with Crippen LogP contribution in [-0.2, 0) is 0 Å². The number of anilines is 1. The molecule has 1 rings (SSSR count). The van der Waals surface area contributed by atoms with Crippen molar-refractivity contribution in [1.82, 2.24) is 4.98 Å². The summed E-state index contributed by atoms with van der Waals surface area (Å²) < 4.78 is 25.0. The quantitative estimate of drug-likeness (QED) is 0.646. The van der Waals surface area contributed by atoms with Crippen molar-refractivity contribution in [2.45, 2.75) is 6.43 Å². The van der Waals surface area contributed by atoms with Crippen molar-refractivity contribution in [3.05, 3.63) is 21.0 Å². The summed E-state index contributed by atoms with van der Waals surface area (Å²) in [6.45, 7) is 0. The molecule has 1 aromatic heterocycles. The first kappa shape index (κ1) is 11.1. The molecule has 3 N–H and O–H groups in total. The van der Waals surface area contributed by atoms with Gasteiger partial charge in [0.2, 0.25) is 0 Å². The van der Waals surface area contributed by atoms with Gasteiger partial charge in [-0.2, -0.15) is 0 Å². The summed E-state index contributed by atoms with van der Waals surface area (Å²) in [7, 11) is 0. The second kappa shape index (κ2) is 4.03. The molecule has 0 aromatic carbocycles. The Kier molecular flexibility index (Phi) is 3.19. The molecule has 0 unspecified atom stereocenters. The average Bonchev–Trinajstić information content (AvgIpc) is 2.01. The number of nitrogens with zero attached hydrogens (tertiary/aromatic N) is 1. The third kappa shape index (κ3) is 2.08. The number of hydrogen-bond acceptors (Lipinski definition) is 3. The molecule has 76 valence electrons. The van der Waals surface area contributed by atoms with Crippen molar-refractivity contribution >= 4 is 34.2 Å². The Balaban J connectivity index is 3.44. The van der Waals surface area contributed by atoms with Crippen molar-refractivity contribution in [3.8, 4) is 0 Å². The number of aromatic nitrogens is 1. The third-order valence-corrected chi connectivity index (χ3v) is 2.02. The topological polar surface area (TPSA) is 76.2 Å². The maximum Gasteiger partial charge on any atom is 0.339 e. The second-order valence-electron chi connectivity index (χ2n) is 2.40. The number of aromatic carboxylic acids is 1. The molecule has 0 aliphatic rings. The highest BCUT2D eigenvalue weighted by molar-refractivity contribution is 14.1. The van der Waals surface area contributed by atoms with Gasteiger partial charge in [0.05, 0.1) is 5.69 Å². The zero-order valence-corrected chi connectivity index (χ0v) is 8.83. The van der Waals surface area contributed by atoms with Crippen LogP contribution in [0.25, 0.3) is 0 Å². The number of hydrogen-bond donors (Lipinski definition) is 2. The Labute approximate surface area is 91.3 Å². The maximum atomic E-state index is 12.4. The number of carbonyl (C=O) groups is 1. The van der Waals surface area contributed by atoms with E-state index in [0.717, 1.165) is 0 Å². The van der Waals surface area contributed by atoms with Crippen LogP contribution in [-0.4, -0.2) is 16.1 Å². The van der Waals surface area contributed by atoms with Gasteiger partial charge in [0, 0.05) is 0 Å². The van der Waals surface area contributed by atoms with Crippen molar-refractivity contribution in [2.24, 2.45) is 0 Å². The van der Waals surface area contributed by atoms with Gasteiger partial charge in [-0.05, 0) is 28.7 Å². The minimum absolute atomic E-state index is 0.202. The highest BCUT2D eigenvalue weighted by atomic mass is 127. The lowest BCUT2D eigenvalue weighted by Crippen LogP contribution is -2.10. The molecule has 4 nitrogen and oxygen atoms in total. The highest BCUT2D eigenvalue weighted by Gasteiger charge is 2.23. The maximum absolute atomic E-state index is 12.4. The van der Waals surface area contributed by atoms with Crippen LogP contribution in [0.15, 0.2) is 6.07 Å². The Morgan fingerprint density at radius 2 is 2.21 bits per heavy atom. The van der Waals surface area contributed by atoms with E-state index in [-0.39, 0.29) is 9.39 Å². The van der Waals surface area contributed by atoms with Crippen LogP contribution < -0.4 is 5.73 Å². The lowest BCUT2D eigenvalue weighted by Gasteiger charge is -2.07. The smallest absolute Gasteiger partial charge is 0.339 e. The van der Waals surface area contributed by atoms with Crippen LogP contribution >= 0.6 is 22.6 Å². The molecule has 0 amide bonds. The van der Waals surface area contributed by atoms with Crippen LogP contribution in [0.1, 0.15) is 22.5 Å². The van der Waals surface area contributed by atoms with Gasteiger partial charge in [0.25, 0.3) is 6.43 Å². The zero-order chi connectivity index (χ0) is 10.9. The van der Waals surface area contributed by atoms with Gasteiger partial charge in [0.1, 0.15) is 15.0 Å². The summed E-state index contributed by atoms with van der Waals surface area (Å²) >= 11 is 1.69. The fraction of sp³-hybridized carbons (Fsp3) is 0.143. The molecule has 0 atom stereocenters. The van der Waals surface area contributed by atoms with Crippen LogP contribution in [0, 0.1) is 3.70 Å². The standard InChI is InChI=1S/C7H5F2IN2O2/c8-6(9)5-4(7(13)14)2(11)1-3(10)12-5/h1,6H,(H2,11,12)(H,13,14). The SMILES string of the molecule is Nc1cc(I)nc(C(F)F)c1C(=O)O. The summed E-state index contributed by atoms with van der Waals surface area (Å²) in [4.78, 5) is 14.0. The monoisotopic (exact) mass is 314 g/mol. The summed E-state index contributed by atoms with van der Waals surface area (Å²) in [5.74, 6) is -1.50. The van der Waals surface area contributed by atoms with Gasteiger partial charge >= 0.3 is 5.97 Å². The number of carboxylic acid groups (broad SMARTS) is 1. The van der Waals surface area contributed by atoms with Crippen molar-refractivity contribution in [2.75, 3.05) is 5.73 Å². The molecule has 0 saturated heterocycles. The van der Waals surface area contributed by atoms with Gasteiger partial charge in [0.15, 0.2) is 0 Å². The first-order valence-corrected chi connectivity index (χ1v) is 4.48. The van der Waals surface area contributed by atoms with E-state index in [4.69, 9.17) is 10.8 Å². The molecule has 0 fully saturated rings. The first-order valence-electron chi connectivity index (χ1n) is 3.41. The lowest BCUT2D eigenvalue weighted by atomic mass is 10.1. The molecule has 7 heteroatoms. The molecule has 1 aromatic rings. The minimum Gasteiger partial charge on any atom is -0.478 e. The molecule has 0 radical (unpaired) electrons. The van der Waals surface area contributed by atoms with Crippen LogP contribution in [0.5, 0.6) is 0 Å². The molecule has 0 aliphatic carbocycles. The van der Waals surface area contributed by atoms with E-state index in [1.807, 2.05) is 0 Å². The Morgan fingerprint density at radius 1 is 1.64 bits per heavy atom. The molecular weight excluding hydrogens is 309 g/mol. The fourth-order valence-electron chi connectivity index (χ4n) is 0.943. The van der Waals surface area contributed by atoms with E-state index >= 15 is 0 Å². The molecule has 0 saturated carbocycles. The van der Waals surface area contributed by atoms with Crippen LogP contribution in [0.3, 0.4) is 0 Å². The molecular formula is C7H5F2IN2O2. The summed E-state index contributed by atoms with van der Waals surface area (Å²) in [6, 6.07) is 1.23. The number of nitrogen functional groups attached to an aromatic ring is 1. The summed E-state index contributed by atoms with van der Waals surface area (Å²) in [6.07, 6.45) is -2.95. The number of carboxylic acids is 1. The zero-order valence-electron chi connectivity index (χ0n) is 6.67. The minimum atomic E-state index is -2.95. The summed E-state index contributed by atoms with van der Waals surface area (Å²) in [5.41, 5.74) is 3.69. The molecule has 0 aliphatic heterocycles. The number of rotatable bonds is 2. The van der Waals surface area contributed by atoms with E-state index in [9.17, 15) is 13.6 Å². The van der Waals surface area contributed by atoms with Gasteiger partial charge in [-0.25, -0.2) is 18.6 Å². The van der Waals surface area contributed by atoms with Crippen molar-refractivity contribution in [1.29, 1.82) is 0 Å². The van der Waals surface area contributed by atoms with E-state index in [1.54, 1.807) is 22.6 Å². The van der Waals surface area contributed by atoms with Gasteiger partial charge in [-0.3, -0.25) is 0 Å². The van der Waals surface area contributed by atoms with Crippen LogP contribution in [0.4, 0.5) is 14.5 Å². The molecule has 1 heterocycles. The van der Waals surface area contributed by atoms with Crippen molar-refractivity contribution in [3.63, 3.8) is 0 Å². The Morgan fingerprint density at radius 3 is 2.64 bits per heavy atom. The number of halogens is 3. The first-order chi connectivity index (χ1) is 6.43. The fourth-order valence-corrected chi connectivity index (χ4v) is 1.54.